The molecule has 8 nitrogen and oxygen atoms in total. The topological polar surface area (TPSA) is 111 Å². The molecule has 0 aliphatic rings. The van der Waals surface area contributed by atoms with Gasteiger partial charge in [0.05, 0.1) is 10.5 Å². The van der Waals surface area contributed by atoms with Gasteiger partial charge < -0.3 is 10.1 Å². The van der Waals surface area contributed by atoms with Gasteiger partial charge in [-0.05, 0) is 24.3 Å². The Bertz CT molecular complexity index is 1110. The highest BCUT2D eigenvalue weighted by molar-refractivity contribution is 6.33. The van der Waals surface area contributed by atoms with Gasteiger partial charge in [-0.25, -0.2) is 9.78 Å². The summed E-state index contributed by atoms with van der Waals surface area (Å²) in [4.78, 5) is 39.7. The molecule has 3 rings (SSSR count). The number of rotatable bonds is 6. The molecule has 0 radical (unpaired) electrons. The zero-order valence-electron chi connectivity index (χ0n) is 15.1. The first-order valence-corrected chi connectivity index (χ1v) is 9.23. The van der Waals surface area contributed by atoms with E-state index in [-0.39, 0.29) is 27.1 Å². The quantitative estimate of drug-likeness (QED) is 0.251. The van der Waals surface area contributed by atoms with Crippen LogP contribution in [-0.4, -0.2) is 21.8 Å². The van der Waals surface area contributed by atoms with E-state index < -0.39 is 22.9 Å². The Balaban J connectivity index is 1.88. The summed E-state index contributed by atoms with van der Waals surface area (Å²) in [7, 11) is 0. The highest BCUT2D eigenvalue weighted by atomic mass is 35.5. The number of carbonyl (C=O) groups excluding carboxylic acids is 2. The first-order chi connectivity index (χ1) is 14.4. The summed E-state index contributed by atoms with van der Waals surface area (Å²) in [5.41, 5.74) is 0.138. The van der Waals surface area contributed by atoms with Crippen molar-refractivity contribution >= 4 is 46.5 Å². The minimum absolute atomic E-state index is 0.00460. The first-order valence-electron chi connectivity index (χ1n) is 8.48. The molecular weight excluding hydrogens is 433 g/mol. The molecule has 0 aliphatic carbocycles. The predicted octanol–water partition coefficient (Wildman–Crippen LogP) is 4.83. The second-order valence-electron chi connectivity index (χ2n) is 5.95. The number of amides is 1. The fourth-order valence-electron chi connectivity index (χ4n) is 2.55. The number of benzene rings is 2. The molecule has 0 spiro atoms. The number of hydrogen-bond acceptors (Lipinski definition) is 6. The highest BCUT2D eigenvalue weighted by Crippen LogP contribution is 2.29. The summed E-state index contributed by atoms with van der Waals surface area (Å²) < 4.78 is 5.40. The van der Waals surface area contributed by atoms with Crippen LogP contribution in [0, 0.1) is 10.1 Å². The van der Waals surface area contributed by atoms with Crippen LogP contribution in [0.5, 0.6) is 0 Å². The zero-order valence-corrected chi connectivity index (χ0v) is 16.6. The van der Waals surface area contributed by atoms with Crippen molar-refractivity contribution in [3.8, 4) is 0 Å². The fraction of sp³-hybridized carbons (Fsp3) is 0.0500. The number of ether oxygens (including phenoxy) is 1. The second kappa shape index (κ2) is 9.34. The van der Waals surface area contributed by atoms with E-state index in [1.165, 1.54) is 30.5 Å². The molecule has 0 saturated carbocycles. The van der Waals surface area contributed by atoms with Crippen molar-refractivity contribution in [3.63, 3.8) is 0 Å². The number of hydrogen-bond donors (Lipinski definition) is 1. The lowest BCUT2D eigenvalue weighted by Gasteiger charge is -2.18. The lowest BCUT2D eigenvalue weighted by molar-refractivity contribution is -0.384. The van der Waals surface area contributed by atoms with Crippen molar-refractivity contribution in [2.75, 3.05) is 5.32 Å². The second-order valence-corrected chi connectivity index (χ2v) is 6.72. The molecule has 0 bridgehead atoms. The van der Waals surface area contributed by atoms with Gasteiger partial charge in [0.25, 0.3) is 11.6 Å². The van der Waals surface area contributed by atoms with Gasteiger partial charge in [-0.2, -0.15) is 0 Å². The highest BCUT2D eigenvalue weighted by Gasteiger charge is 2.27. The third kappa shape index (κ3) is 4.91. The van der Waals surface area contributed by atoms with Crippen molar-refractivity contribution in [1.82, 2.24) is 4.98 Å². The van der Waals surface area contributed by atoms with E-state index in [4.69, 9.17) is 27.9 Å². The number of nitrogens with zero attached hydrogens (tertiary/aromatic N) is 2. The van der Waals surface area contributed by atoms with Crippen LogP contribution in [-0.2, 0) is 9.53 Å². The molecule has 152 valence electrons. The number of nitrogens with one attached hydrogen (secondary N) is 1. The molecule has 0 aliphatic heterocycles. The van der Waals surface area contributed by atoms with Gasteiger partial charge in [0.1, 0.15) is 10.2 Å². The van der Waals surface area contributed by atoms with Crippen molar-refractivity contribution in [3.05, 3.63) is 98.3 Å². The van der Waals surface area contributed by atoms with E-state index in [1.807, 2.05) is 0 Å². The van der Waals surface area contributed by atoms with E-state index >= 15 is 0 Å². The monoisotopic (exact) mass is 445 g/mol. The Kier molecular flexibility index (Phi) is 6.61. The third-order valence-corrected chi connectivity index (χ3v) is 4.58. The average molecular weight is 446 g/mol. The molecule has 2 aromatic carbocycles. The Hall–Kier alpha value is -3.49. The average Bonchev–Trinajstić information content (AvgIpc) is 2.74. The van der Waals surface area contributed by atoms with E-state index in [1.54, 1.807) is 30.3 Å². The standard InChI is InChI=1S/C20H13Cl2N3O5/c21-15-9-8-13(11-16(15)25(28)29)24-19(26)17(12-5-2-1-3-6-12)30-20(27)14-7-4-10-23-18(14)22/h1-11,17H,(H,24,26). The van der Waals surface area contributed by atoms with Crippen LogP contribution in [0.3, 0.4) is 0 Å². The molecule has 0 saturated heterocycles. The largest absolute Gasteiger partial charge is 0.444 e. The van der Waals surface area contributed by atoms with Crippen LogP contribution in [0.4, 0.5) is 11.4 Å². The van der Waals surface area contributed by atoms with Gasteiger partial charge in [-0.15, -0.1) is 0 Å². The lowest BCUT2D eigenvalue weighted by atomic mass is 10.1. The molecule has 1 amide bonds. The first kappa shape index (κ1) is 21.2. The lowest BCUT2D eigenvalue weighted by Crippen LogP contribution is -2.26. The maximum absolute atomic E-state index is 12.9. The molecule has 0 fully saturated rings. The summed E-state index contributed by atoms with van der Waals surface area (Å²) in [6, 6.07) is 15.0. The number of halogens is 2. The van der Waals surface area contributed by atoms with Crippen LogP contribution in [0.1, 0.15) is 22.0 Å². The molecule has 1 heterocycles. The smallest absolute Gasteiger partial charge is 0.342 e. The van der Waals surface area contributed by atoms with Gasteiger partial charge in [0.2, 0.25) is 6.10 Å². The van der Waals surface area contributed by atoms with Crippen molar-refractivity contribution in [1.29, 1.82) is 0 Å². The van der Waals surface area contributed by atoms with Crippen LogP contribution in [0.25, 0.3) is 0 Å². The van der Waals surface area contributed by atoms with Crippen molar-refractivity contribution < 1.29 is 19.2 Å². The van der Waals surface area contributed by atoms with Crippen LogP contribution < -0.4 is 5.32 Å². The van der Waals surface area contributed by atoms with Gasteiger partial charge >= 0.3 is 5.97 Å². The predicted molar refractivity (Wildman–Crippen MR) is 111 cm³/mol. The molecule has 3 aromatic rings. The maximum atomic E-state index is 12.9. The number of anilines is 1. The van der Waals surface area contributed by atoms with E-state index in [0.717, 1.165) is 6.07 Å². The summed E-state index contributed by atoms with van der Waals surface area (Å²) in [6.07, 6.45) is 0.0678. The zero-order chi connectivity index (χ0) is 21.7. The van der Waals surface area contributed by atoms with Crippen molar-refractivity contribution in [2.24, 2.45) is 0 Å². The Morgan fingerprint density at radius 3 is 2.47 bits per heavy atom. The van der Waals surface area contributed by atoms with Crippen LogP contribution >= 0.6 is 23.2 Å². The molecule has 10 heteroatoms. The summed E-state index contributed by atoms with van der Waals surface area (Å²) in [5.74, 6) is -1.56. The number of aromatic nitrogens is 1. The Morgan fingerprint density at radius 2 is 1.80 bits per heavy atom. The van der Waals surface area contributed by atoms with Gasteiger partial charge in [-0.1, -0.05) is 53.5 Å². The normalized spacial score (nSPS) is 11.4. The Morgan fingerprint density at radius 1 is 1.07 bits per heavy atom. The van der Waals surface area contributed by atoms with E-state index in [9.17, 15) is 19.7 Å². The van der Waals surface area contributed by atoms with Gasteiger partial charge in [0.15, 0.2) is 0 Å². The molecule has 30 heavy (non-hydrogen) atoms. The van der Waals surface area contributed by atoms with Gasteiger partial charge in [-0.3, -0.25) is 14.9 Å². The number of pyridine rings is 1. The van der Waals surface area contributed by atoms with Crippen LogP contribution in [0.2, 0.25) is 10.2 Å². The summed E-state index contributed by atoms with van der Waals surface area (Å²) in [6.45, 7) is 0. The van der Waals surface area contributed by atoms with E-state index in [0.29, 0.717) is 5.56 Å². The van der Waals surface area contributed by atoms with E-state index in [2.05, 4.69) is 10.3 Å². The number of nitro groups is 1. The van der Waals surface area contributed by atoms with Crippen molar-refractivity contribution in [2.45, 2.75) is 6.10 Å². The molecule has 1 unspecified atom stereocenters. The number of esters is 1. The fourth-order valence-corrected chi connectivity index (χ4v) is 2.93. The molecule has 1 N–H and O–H groups in total. The third-order valence-electron chi connectivity index (χ3n) is 3.95. The minimum atomic E-state index is -1.34. The molecule has 1 atom stereocenters. The van der Waals surface area contributed by atoms with Crippen LogP contribution in [0.15, 0.2) is 66.9 Å². The number of nitro benzene ring substituents is 1. The maximum Gasteiger partial charge on any atom is 0.342 e. The number of carbonyl (C=O) groups is 2. The SMILES string of the molecule is O=C(OC(C(=O)Nc1ccc(Cl)c([N+](=O)[O-])c1)c1ccccc1)c1cccnc1Cl. The Labute approximate surface area is 180 Å². The summed E-state index contributed by atoms with van der Waals surface area (Å²) >= 11 is 11.7. The molecular formula is C20H13Cl2N3O5. The summed E-state index contributed by atoms with van der Waals surface area (Å²) in [5, 5.41) is 13.4. The minimum Gasteiger partial charge on any atom is -0.444 e. The van der Waals surface area contributed by atoms with Gasteiger partial charge in [0, 0.05) is 23.5 Å². The molecule has 1 aromatic heterocycles.